The van der Waals surface area contributed by atoms with Gasteiger partial charge in [0.15, 0.2) is 11.3 Å². The van der Waals surface area contributed by atoms with Crippen LogP contribution < -0.4 is 0 Å². The fourth-order valence-corrected chi connectivity index (χ4v) is 2.87. The van der Waals surface area contributed by atoms with Gasteiger partial charge >= 0.3 is 5.97 Å². The fourth-order valence-electron chi connectivity index (χ4n) is 2.53. The summed E-state index contributed by atoms with van der Waals surface area (Å²) in [5, 5.41) is 4.48. The van der Waals surface area contributed by atoms with E-state index in [1.807, 2.05) is 19.9 Å². The van der Waals surface area contributed by atoms with Gasteiger partial charge in [0.2, 0.25) is 0 Å². The molecule has 2 aromatic heterocycles. The Labute approximate surface area is 158 Å². The van der Waals surface area contributed by atoms with Gasteiger partial charge in [-0.2, -0.15) is 5.10 Å². The maximum absolute atomic E-state index is 14.3. The summed E-state index contributed by atoms with van der Waals surface area (Å²) in [4.78, 5) is 16.4. The lowest BCUT2D eigenvalue weighted by molar-refractivity contribution is 0.0519. The summed E-state index contributed by atoms with van der Waals surface area (Å²) in [5.41, 5.74) is 3.13. The van der Waals surface area contributed by atoms with Gasteiger partial charge < -0.3 is 4.74 Å². The first-order valence-electron chi connectivity index (χ1n) is 8.07. The number of nitrogens with zero attached hydrogens (tertiary/aromatic N) is 3. The molecule has 0 saturated carbocycles. The van der Waals surface area contributed by atoms with Crippen molar-refractivity contribution in [3.05, 3.63) is 57.6 Å². The first-order valence-corrected chi connectivity index (χ1v) is 8.86. The molecular formula is C19H17BrFN3O2. The van der Waals surface area contributed by atoms with Crippen molar-refractivity contribution < 1.29 is 13.9 Å². The van der Waals surface area contributed by atoms with Gasteiger partial charge in [-0.3, -0.25) is 0 Å². The number of allylic oxidation sites excluding steroid dienone is 1. The Morgan fingerprint density at radius 3 is 2.73 bits per heavy atom. The summed E-state index contributed by atoms with van der Waals surface area (Å²) >= 11 is 3.25. The predicted molar refractivity (Wildman–Crippen MR) is 101 cm³/mol. The Balaban J connectivity index is 2.21. The van der Waals surface area contributed by atoms with Crippen LogP contribution in [-0.4, -0.2) is 27.2 Å². The third kappa shape index (κ3) is 3.67. The first-order chi connectivity index (χ1) is 12.4. The van der Waals surface area contributed by atoms with E-state index in [0.717, 1.165) is 5.57 Å². The average Bonchev–Trinajstić information content (AvgIpc) is 2.98. The molecule has 1 aromatic carbocycles. The number of hydrogen-bond donors (Lipinski definition) is 0. The van der Waals surface area contributed by atoms with E-state index in [4.69, 9.17) is 4.74 Å². The van der Waals surface area contributed by atoms with Crippen molar-refractivity contribution in [2.45, 2.75) is 20.8 Å². The quantitative estimate of drug-likeness (QED) is 0.566. The third-order valence-electron chi connectivity index (χ3n) is 3.58. The largest absolute Gasteiger partial charge is 0.461 e. The van der Waals surface area contributed by atoms with Crippen LogP contribution in [0.5, 0.6) is 0 Å². The molecule has 0 aliphatic rings. The minimum atomic E-state index is -0.504. The number of ether oxygens (including phenoxy) is 1. The minimum absolute atomic E-state index is 0.189. The normalized spacial score (nSPS) is 10.8. The Hall–Kier alpha value is -2.54. The number of halogens is 2. The van der Waals surface area contributed by atoms with Gasteiger partial charge in [-0.25, -0.2) is 18.7 Å². The molecule has 3 rings (SSSR count). The van der Waals surface area contributed by atoms with Gasteiger partial charge in [-0.15, -0.1) is 0 Å². The summed E-state index contributed by atoms with van der Waals surface area (Å²) in [5.74, 6) is -0.895. The summed E-state index contributed by atoms with van der Waals surface area (Å²) < 4.78 is 21.6. The highest BCUT2D eigenvalue weighted by molar-refractivity contribution is 9.10. The lowest BCUT2D eigenvalue weighted by Gasteiger charge is -2.05. The van der Waals surface area contributed by atoms with E-state index in [9.17, 15) is 9.18 Å². The minimum Gasteiger partial charge on any atom is -0.461 e. The van der Waals surface area contributed by atoms with Crippen molar-refractivity contribution in [2.75, 3.05) is 6.61 Å². The first kappa shape index (κ1) is 18.3. The molecule has 134 valence electrons. The Morgan fingerprint density at radius 1 is 1.31 bits per heavy atom. The van der Waals surface area contributed by atoms with Gasteiger partial charge in [0, 0.05) is 16.1 Å². The van der Waals surface area contributed by atoms with Gasteiger partial charge in [0.1, 0.15) is 5.82 Å². The van der Waals surface area contributed by atoms with E-state index in [2.05, 4.69) is 26.0 Å². The highest BCUT2D eigenvalue weighted by atomic mass is 79.9. The Morgan fingerprint density at radius 2 is 2.08 bits per heavy atom. The maximum Gasteiger partial charge on any atom is 0.357 e. The molecule has 3 aromatic rings. The molecule has 2 heterocycles. The number of carbonyl (C=O) groups excluding carboxylic acids is 1. The standard InChI is InChI=1S/C19H17BrFN3O2/c1-4-26-19(25)17-9-13(7-11(2)3)24-18(22-17)10-16(23-24)14-6-5-12(20)8-15(14)21/h5-10H,4H2,1-3H3. The zero-order valence-corrected chi connectivity index (χ0v) is 16.2. The predicted octanol–water partition coefficient (Wildman–Crippen LogP) is 4.90. The topological polar surface area (TPSA) is 56.5 Å². The molecule has 5 nitrogen and oxygen atoms in total. The number of esters is 1. The van der Waals surface area contributed by atoms with E-state index in [1.54, 1.807) is 35.7 Å². The van der Waals surface area contributed by atoms with Crippen LogP contribution in [0.2, 0.25) is 0 Å². The molecule has 0 atom stereocenters. The van der Waals surface area contributed by atoms with Crippen LogP contribution in [0.3, 0.4) is 0 Å². The molecule has 0 amide bonds. The lowest BCUT2D eigenvalue weighted by Crippen LogP contribution is -2.09. The average molecular weight is 418 g/mol. The number of fused-ring (bicyclic) bond motifs is 1. The zero-order chi connectivity index (χ0) is 18.8. The Kier molecular flexibility index (Phi) is 5.18. The van der Waals surface area contributed by atoms with Crippen LogP contribution in [0, 0.1) is 5.82 Å². The van der Waals surface area contributed by atoms with Crippen molar-refractivity contribution >= 4 is 33.6 Å². The highest BCUT2D eigenvalue weighted by Crippen LogP contribution is 2.26. The Bertz CT molecular complexity index is 1020. The summed E-state index contributed by atoms with van der Waals surface area (Å²) in [6, 6.07) is 8.04. The lowest BCUT2D eigenvalue weighted by atomic mass is 10.1. The van der Waals surface area contributed by atoms with Crippen LogP contribution in [0.15, 0.2) is 40.4 Å². The van der Waals surface area contributed by atoms with Crippen LogP contribution in [0.1, 0.15) is 37.0 Å². The van der Waals surface area contributed by atoms with E-state index in [0.29, 0.717) is 27.1 Å². The fraction of sp³-hybridized carbons (Fsp3) is 0.211. The van der Waals surface area contributed by atoms with Crippen molar-refractivity contribution in [2.24, 2.45) is 0 Å². The molecule has 0 aliphatic heterocycles. The number of carbonyl (C=O) groups is 1. The maximum atomic E-state index is 14.3. The molecule has 0 aliphatic carbocycles. The van der Waals surface area contributed by atoms with Crippen molar-refractivity contribution in [1.82, 2.24) is 14.6 Å². The van der Waals surface area contributed by atoms with Gasteiger partial charge in [0.25, 0.3) is 0 Å². The molecule has 0 saturated heterocycles. The monoisotopic (exact) mass is 417 g/mol. The van der Waals surface area contributed by atoms with E-state index < -0.39 is 11.8 Å². The molecule has 0 radical (unpaired) electrons. The summed E-state index contributed by atoms with van der Waals surface area (Å²) in [6.07, 6.45) is 1.88. The molecule has 0 spiro atoms. The molecule has 0 bridgehead atoms. The second kappa shape index (κ2) is 7.37. The second-order valence-corrected chi connectivity index (χ2v) is 6.85. The van der Waals surface area contributed by atoms with E-state index in [-0.39, 0.29) is 12.3 Å². The van der Waals surface area contributed by atoms with E-state index >= 15 is 0 Å². The number of hydrogen-bond acceptors (Lipinski definition) is 4. The van der Waals surface area contributed by atoms with E-state index in [1.165, 1.54) is 6.07 Å². The molecule has 26 heavy (non-hydrogen) atoms. The molecule has 0 N–H and O–H groups in total. The van der Waals surface area contributed by atoms with Gasteiger partial charge in [-0.1, -0.05) is 21.5 Å². The number of rotatable bonds is 4. The van der Waals surface area contributed by atoms with Crippen molar-refractivity contribution in [3.8, 4) is 11.3 Å². The van der Waals surface area contributed by atoms with Crippen molar-refractivity contribution in [1.29, 1.82) is 0 Å². The molecular weight excluding hydrogens is 401 g/mol. The summed E-state index contributed by atoms with van der Waals surface area (Å²) in [6.45, 7) is 5.88. The molecule has 0 fully saturated rings. The van der Waals surface area contributed by atoms with Crippen LogP contribution in [-0.2, 0) is 4.74 Å². The molecule has 0 unspecified atom stereocenters. The van der Waals surface area contributed by atoms with Crippen LogP contribution in [0.4, 0.5) is 4.39 Å². The number of benzene rings is 1. The highest BCUT2D eigenvalue weighted by Gasteiger charge is 2.16. The van der Waals surface area contributed by atoms with Gasteiger partial charge in [-0.05, 0) is 51.1 Å². The second-order valence-electron chi connectivity index (χ2n) is 5.93. The van der Waals surface area contributed by atoms with Crippen LogP contribution in [0.25, 0.3) is 23.0 Å². The van der Waals surface area contributed by atoms with Gasteiger partial charge in [0.05, 0.1) is 18.0 Å². The summed E-state index contributed by atoms with van der Waals surface area (Å²) in [7, 11) is 0. The SMILES string of the molecule is CCOC(=O)c1cc(C=C(C)C)n2nc(-c3ccc(Br)cc3F)cc2n1. The van der Waals surface area contributed by atoms with Crippen LogP contribution >= 0.6 is 15.9 Å². The molecule has 7 heteroatoms. The third-order valence-corrected chi connectivity index (χ3v) is 4.08. The zero-order valence-electron chi connectivity index (χ0n) is 14.6. The number of aromatic nitrogens is 3. The van der Waals surface area contributed by atoms with Crippen molar-refractivity contribution in [3.63, 3.8) is 0 Å². The smallest absolute Gasteiger partial charge is 0.357 e.